The molecule has 1 saturated heterocycles. The zero-order chi connectivity index (χ0) is 27.3. The van der Waals surface area contributed by atoms with Crippen LogP contribution < -0.4 is 10.6 Å². The fourth-order valence-electron chi connectivity index (χ4n) is 4.42. The van der Waals surface area contributed by atoms with Crippen molar-refractivity contribution in [2.75, 3.05) is 13.1 Å². The first-order chi connectivity index (χ1) is 18.1. The molecule has 1 aromatic carbocycles. The first kappa shape index (κ1) is 27.3. The van der Waals surface area contributed by atoms with Crippen molar-refractivity contribution in [2.45, 2.75) is 50.2 Å². The summed E-state index contributed by atoms with van der Waals surface area (Å²) in [5.41, 5.74) is 1.15. The van der Waals surface area contributed by atoms with Gasteiger partial charge in [0.15, 0.2) is 10.8 Å². The summed E-state index contributed by atoms with van der Waals surface area (Å²) in [6.45, 7) is 3.65. The molecule has 200 valence electrons. The number of sulfonamides is 1. The highest BCUT2D eigenvalue weighted by Gasteiger charge is 2.34. The molecule has 1 aliphatic heterocycles. The number of fused-ring (bicyclic) bond motifs is 1. The van der Waals surface area contributed by atoms with Crippen molar-refractivity contribution in [3.05, 3.63) is 66.5 Å². The van der Waals surface area contributed by atoms with Crippen LogP contribution in [0.4, 0.5) is 0 Å². The van der Waals surface area contributed by atoms with E-state index in [1.54, 1.807) is 42.6 Å². The molecule has 0 saturated carbocycles. The molecule has 11 heteroatoms. The molecule has 2 atom stereocenters. The summed E-state index contributed by atoms with van der Waals surface area (Å²) in [6, 6.07) is 11.6. The van der Waals surface area contributed by atoms with Gasteiger partial charge in [0.1, 0.15) is 6.04 Å². The number of ketones is 1. The largest absolute Gasteiger partial charge is 0.344 e. The van der Waals surface area contributed by atoms with E-state index < -0.39 is 39.7 Å². The Bertz CT molecular complexity index is 1430. The minimum absolute atomic E-state index is 0.0932. The lowest BCUT2D eigenvalue weighted by molar-refractivity contribution is -0.129. The summed E-state index contributed by atoms with van der Waals surface area (Å²) >= 11 is 0. The van der Waals surface area contributed by atoms with Crippen LogP contribution in [0.1, 0.15) is 43.5 Å². The standard InChI is InChI=1S/C27H31N5O5S/c1-18(2)15-23(31-26(34)20-10-11-21-19(16-20)7-5-13-28-21)27(35)30-22-8-6-14-32(17-24(22)33)38(36,37)25-9-3-4-12-29-25/h3-5,7,9-13,16,18,22-23H,6,8,14-15,17H2,1-2H3,(H,30,35)(H,31,34)/t22-,23-/m1/s1. The summed E-state index contributed by atoms with van der Waals surface area (Å²) in [7, 11) is -3.94. The number of hydrogen-bond acceptors (Lipinski definition) is 7. The SMILES string of the molecule is CC(C)C[C@@H](NC(=O)c1ccc2ncccc2c1)C(=O)N[C@@H]1CCCN(S(=O)(=O)c2ccccn2)CC1=O. The number of nitrogens with zero attached hydrogens (tertiary/aromatic N) is 3. The van der Waals surface area contributed by atoms with Crippen LogP contribution in [0, 0.1) is 5.92 Å². The zero-order valence-corrected chi connectivity index (χ0v) is 22.1. The van der Waals surface area contributed by atoms with Gasteiger partial charge in [-0.3, -0.25) is 19.4 Å². The number of carbonyl (C=O) groups excluding carboxylic acids is 3. The van der Waals surface area contributed by atoms with Gasteiger partial charge in [-0.05, 0) is 61.6 Å². The van der Waals surface area contributed by atoms with Gasteiger partial charge in [0, 0.05) is 29.9 Å². The second-order valence-corrected chi connectivity index (χ2v) is 11.6. The molecule has 2 amide bonds. The van der Waals surface area contributed by atoms with Crippen LogP contribution in [0.5, 0.6) is 0 Å². The first-order valence-corrected chi connectivity index (χ1v) is 14.0. The summed E-state index contributed by atoms with van der Waals surface area (Å²) in [6.07, 6.45) is 4.10. The van der Waals surface area contributed by atoms with Crippen LogP contribution in [-0.2, 0) is 19.6 Å². The van der Waals surface area contributed by atoms with Gasteiger partial charge in [0.05, 0.1) is 18.1 Å². The number of aromatic nitrogens is 2. The van der Waals surface area contributed by atoms with E-state index in [9.17, 15) is 22.8 Å². The van der Waals surface area contributed by atoms with E-state index in [4.69, 9.17) is 0 Å². The van der Waals surface area contributed by atoms with Crippen molar-refractivity contribution in [3.8, 4) is 0 Å². The second kappa shape index (κ2) is 11.8. The van der Waals surface area contributed by atoms with Gasteiger partial charge in [-0.1, -0.05) is 26.0 Å². The molecule has 4 rings (SSSR count). The summed E-state index contributed by atoms with van der Waals surface area (Å²) < 4.78 is 27.0. The lowest BCUT2D eigenvalue weighted by Crippen LogP contribution is -2.52. The van der Waals surface area contributed by atoms with Crippen molar-refractivity contribution in [1.82, 2.24) is 24.9 Å². The molecule has 0 bridgehead atoms. The molecule has 0 aliphatic carbocycles. The second-order valence-electron chi connectivity index (χ2n) is 9.74. The Morgan fingerprint density at radius 2 is 1.87 bits per heavy atom. The van der Waals surface area contributed by atoms with Crippen molar-refractivity contribution in [2.24, 2.45) is 5.92 Å². The average Bonchev–Trinajstić information content (AvgIpc) is 3.09. The highest BCUT2D eigenvalue weighted by atomic mass is 32.2. The number of carbonyl (C=O) groups is 3. The lowest BCUT2D eigenvalue weighted by Gasteiger charge is -2.23. The topological polar surface area (TPSA) is 138 Å². The Kier molecular flexibility index (Phi) is 8.48. The van der Waals surface area contributed by atoms with Gasteiger partial charge < -0.3 is 10.6 Å². The van der Waals surface area contributed by atoms with Crippen LogP contribution in [-0.4, -0.2) is 65.5 Å². The number of amides is 2. The fraction of sp³-hybridized carbons (Fsp3) is 0.370. The smallest absolute Gasteiger partial charge is 0.260 e. The molecule has 3 aromatic rings. The third-order valence-electron chi connectivity index (χ3n) is 6.37. The fourth-order valence-corrected chi connectivity index (χ4v) is 5.80. The number of hydrogen-bond donors (Lipinski definition) is 2. The van der Waals surface area contributed by atoms with E-state index in [1.165, 1.54) is 12.3 Å². The van der Waals surface area contributed by atoms with E-state index >= 15 is 0 Å². The van der Waals surface area contributed by atoms with E-state index in [0.717, 1.165) is 15.2 Å². The molecule has 10 nitrogen and oxygen atoms in total. The quantitative estimate of drug-likeness (QED) is 0.450. The number of pyridine rings is 2. The van der Waals surface area contributed by atoms with Gasteiger partial charge >= 0.3 is 0 Å². The molecule has 1 aliphatic rings. The minimum atomic E-state index is -3.94. The molecule has 0 unspecified atom stereocenters. The molecule has 1 fully saturated rings. The summed E-state index contributed by atoms with van der Waals surface area (Å²) in [4.78, 5) is 47.5. The molecule has 2 N–H and O–H groups in total. The van der Waals surface area contributed by atoms with Crippen molar-refractivity contribution >= 4 is 38.5 Å². The van der Waals surface area contributed by atoms with Gasteiger partial charge in [0.2, 0.25) is 5.91 Å². The Hall–Kier alpha value is -3.70. The Balaban J connectivity index is 1.44. The monoisotopic (exact) mass is 537 g/mol. The summed E-state index contributed by atoms with van der Waals surface area (Å²) in [5.74, 6) is -1.20. The highest BCUT2D eigenvalue weighted by molar-refractivity contribution is 7.89. The molecular formula is C27H31N5O5S. The normalized spacial score (nSPS) is 17.7. The molecule has 0 radical (unpaired) electrons. The molecule has 38 heavy (non-hydrogen) atoms. The third-order valence-corrected chi connectivity index (χ3v) is 8.14. The van der Waals surface area contributed by atoms with Crippen LogP contribution >= 0.6 is 0 Å². The van der Waals surface area contributed by atoms with E-state index in [1.807, 2.05) is 19.9 Å². The lowest BCUT2D eigenvalue weighted by atomic mass is 10.0. The van der Waals surface area contributed by atoms with E-state index in [-0.39, 0.29) is 24.0 Å². The third kappa shape index (κ3) is 6.40. The predicted octanol–water partition coefficient (Wildman–Crippen LogP) is 2.31. The molecule has 3 heterocycles. The number of rotatable bonds is 8. The molecule has 0 spiro atoms. The molecule has 2 aromatic heterocycles. The van der Waals surface area contributed by atoms with Crippen molar-refractivity contribution < 1.29 is 22.8 Å². The zero-order valence-electron chi connectivity index (χ0n) is 21.3. The number of benzene rings is 1. The van der Waals surface area contributed by atoms with Crippen LogP contribution in [0.15, 0.2) is 66.0 Å². The van der Waals surface area contributed by atoms with Gasteiger partial charge in [-0.2, -0.15) is 4.31 Å². The Morgan fingerprint density at radius 1 is 1.08 bits per heavy atom. The predicted molar refractivity (Wildman–Crippen MR) is 142 cm³/mol. The van der Waals surface area contributed by atoms with Gasteiger partial charge in [-0.25, -0.2) is 13.4 Å². The molecular weight excluding hydrogens is 506 g/mol. The number of nitrogens with one attached hydrogen (secondary N) is 2. The minimum Gasteiger partial charge on any atom is -0.344 e. The summed E-state index contributed by atoms with van der Waals surface area (Å²) in [5, 5.41) is 6.25. The van der Waals surface area contributed by atoms with Crippen LogP contribution in [0.3, 0.4) is 0 Å². The first-order valence-electron chi connectivity index (χ1n) is 12.5. The highest BCUT2D eigenvalue weighted by Crippen LogP contribution is 2.19. The van der Waals surface area contributed by atoms with Gasteiger partial charge in [-0.15, -0.1) is 0 Å². The maximum absolute atomic E-state index is 13.3. The Morgan fingerprint density at radius 3 is 2.61 bits per heavy atom. The maximum Gasteiger partial charge on any atom is 0.260 e. The van der Waals surface area contributed by atoms with Crippen molar-refractivity contribution in [1.29, 1.82) is 0 Å². The average molecular weight is 538 g/mol. The Labute approximate surface area is 221 Å². The van der Waals surface area contributed by atoms with E-state index in [2.05, 4.69) is 20.6 Å². The van der Waals surface area contributed by atoms with E-state index in [0.29, 0.717) is 24.8 Å². The van der Waals surface area contributed by atoms with Gasteiger partial charge in [0.25, 0.3) is 15.9 Å². The van der Waals surface area contributed by atoms with Crippen molar-refractivity contribution in [3.63, 3.8) is 0 Å². The number of Topliss-reactive ketones (excluding diaryl/α,β-unsaturated/α-hetero) is 1. The maximum atomic E-state index is 13.3. The van der Waals surface area contributed by atoms with Crippen LogP contribution in [0.2, 0.25) is 0 Å². The van der Waals surface area contributed by atoms with Crippen LogP contribution in [0.25, 0.3) is 10.9 Å².